The van der Waals surface area contributed by atoms with Crippen molar-refractivity contribution in [3.8, 4) is 0 Å². The number of hydrogen-bond donors (Lipinski definition) is 2. The minimum atomic E-state index is -1.12. The van der Waals surface area contributed by atoms with E-state index in [1.54, 1.807) is 0 Å². The van der Waals surface area contributed by atoms with Crippen molar-refractivity contribution >= 4 is 17.7 Å². The predicted octanol–water partition coefficient (Wildman–Crippen LogP) is 3.38. The Morgan fingerprint density at radius 2 is 1.73 bits per heavy atom. The topological polar surface area (TPSA) is 82.0 Å². The first-order valence-corrected chi connectivity index (χ1v) is 10.1. The van der Waals surface area contributed by atoms with Crippen LogP contribution in [0.15, 0.2) is 17.1 Å². The van der Waals surface area contributed by atoms with Gasteiger partial charge in [0.05, 0.1) is 12.4 Å². The highest BCUT2D eigenvalue weighted by Gasteiger charge is 2.15. The maximum atomic E-state index is 11.4. The minimum absolute atomic E-state index is 0.371. The number of carbonyl (C=O) groups excluding carboxylic acids is 1. The van der Waals surface area contributed by atoms with E-state index in [2.05, 4.69) is 22.1 Å². The molecule has 0 bridgehead atoms. The van der Waals surface area contributed by atoms with Gasteiger partial charge in [0.2, 0.25) is 5.91 Å². The molecule has 1 amide bonds. The molecule has 0 aromatic carbocycles. The SMILES string of the molecule is CCCCCCCCCCCC1=NCCN1CCNC(=O)/C=C\C(=O)O. The fourth-order valence-electron chi connectivity index (χ4n) is 3.12. The van der Waals surface area contributed by atoms with Gasteiger partial charge in [-0.2, -0.15) is 0 Å². The number of nitrogens with zero attached hydrogens (tertiary/aromatic N) is 2. The predicted molar refractivity (Wildman–Crippen MR) is 106 cm³/mol. The van der Waals surface area contributed by atoms with Crippen LogP contribution >= 0.6 is 0 Å². The average molecular weight is 366 g/mol. The first-order chi connectivity index (χ1) is 12.6. The van der Waals surface area contributed by atoms with Gasteiger partial charge in [0.1, 0.15) is 0 Å². The van der Waals surface area contributed by atoms with Crippen molar-refractivity contribution < 1.29 is 14.7 Å². The van der Waals surface area contributed by atoms with E-state index >= 15 is 0 Å². The fourth-order valence-corrected chi connectivity index (χ4v) is 3.12. The second kappa shape index (κ2) is 14.3. The lowest BCUT2D eigenvalue weighted by atomic mass is 10.1. The van der Waals surface area contributed by atoms with Crippen LogP contribution in [-0.2, 0) is 9.59 Å². The number of nitrogens with one attached hydrogen (secondary N) is 1. The zero-order chi connectivity index (χ0) is 19.0. The average Bonchev–Trinajstić information content (AvgIpc) is 3.06. The first kappa shape index (κ1) is 22.2. The number of carboxylic acids is 1. The lowest BCUT2D eigenvalue weighted by Gasteiger charge is -2.20. The second-order valence-electron chi connectivity index (χ2n) is 6.83. The van der Waals surface area contributed by atoms with Gasteiger partial charge in [0.15, 0.2) is 0 Å². The molecule has 2 N–H and O–H groups in total. The van der Waals surface area contributed by atoms with E-state index in [9.17, 15) is 9.59 Å². The van der Waals surface area contributed by atoms with Crippen LogP contribution in [-0.4, -0.2) is 53.9 Å². The van der Waals surface area contributed by atoms with Crippen LogP contribution in [0.4, 0.5) is 0 Å². The number of amides is 1. The van der Waals surface area contributed by atoms with Crippen LogP contribution in [0.5, 0.6) is 0 Å². The van der Waals surface area contributed by atoms with E-state index in [-0.39, 0.29) is 5.91 Å². The largest absolute Gasteiger partial charge is 0.478 e. The van der Waals surface area contributed by atoms with Crippen LogP contribution in [0.3, 0.4) is 0 Å². The van der Waals surface area contributed by atoms with Gasteiger partial charge in [0.25, 0.3) is 0 Å². The molecule has 0 aliphatic carbocycles. The van der Waals surface area contributed by atoms with Crippen molar-refractivity contribution in [1.82, 2.24) is 10.2 Å². The van der Waals surface area contributed by atoms with Crippen molar-refractivity contribution in [1.29, 1.82) is 0 Å². The van der Waals surface area contributed by atoms with Gasteiger partial charge in [-0.15, -0.1) is 0 Å². The molecule has 26 heavy (non-hydrogen) atoms. The molecule has 0 saturated heterocycles. The number of hydrogen-bond acceptors (Lipinski definition) is 4. The van der Waals surface area contributed by atoms with E-state index in [0.29, 0.717) is 6.54 Å². The van der Waals surface area contributed by atoms with Gasteiger partial charge in [0, 0.05) is 38.2 Å². The Morgan fingerprint density at radius 1 is 1.08 bits per heavy atom. The maximum Gasteiger partial charge on any atom is 0.328 e. The highest BCUT2D eigenvalue weighted by molar-refractivity contribution is 5.93. The number of unbranched alkanes of at least 4 members (excludes halogenated alkanes) is 8. The Hall–Kier alpha value is -1.85. The van der Waals surface area contributed by atoms with Crippen molar-refractivity contribution in [2.45, 2.75) is 71.1 Å². The summed E-state index contributed by atoms with van der Waals surface area (Å²) in [6.07, 6.45) is 14.8. The Bertz CT molecular complexity index is 475. The maximum absolute atomic E-state index is 11.4. The van der Waals surface area contributed by atoms with Gasteiger partial charge in [-0.05, 0) is 6.42 Å². The normalized spacial score (nSPS) is 14.0. The number of amidine groups is 1. The molecule has 0 radical (unpaired) electrons. The van der Waals surface area contributed by atoms with Crippen molar-refractivity contribution in [3.05, 3.63) is 12.2 Å². The lowest BCUT2D eigenvalue weighted by molar-refractivity contribution is -0.131. The Labute approximate surface area is 157 Å². The van der Waals surface area contributed by atoms with Gasteiger partial charge in [-0.25, -0.2) is 4.79 Å². The number of rotatable bonds is 15. The number of carboxylic acid groups (broad SMARTS) is 1. The van der Waals surface area contributed by atoms with E-state index in [0.717, 1.165) is 44.0 Å². The summed E-state index contributed by atoms with van der Waals surface area (Å²) in [5.41, 5.74) is 0. The van der Waals surface area contributed by atoms with Gasteiger partial charge in [-0.3, -0.25) is 9.79 Å². The van der Waals surface area contributed by atoms with Crippen molar-refractivity contribution in [3.63, 3.8) is 0 Å². The molecular formula is C20H35N3O3. The summed E-state index contributed by atoms with van der Waals surface area (Å²) >= 11 is 0. The molecule has 0 atom stereocenters. The van der Waals surface area contributed by atoms with Crippen molar-refractivity contribution in [2.75, 3.05) is 26.2 Å². The molecule has 1 aliphatic heterocycles. The standard InChI is InChI=1S/C20H35N3O3/c1-2-3-4-5-6-7-8-9-10-11-18-21-14-16-23(18)17-15-22-19(24)12-13-20(25)26/h12-13H,2-11,14-17H2,1H3,(H,22,24)(H,25,26)/b13-12-. The molecular weight excluding hydrogens is 330 g/mol. The van der Waals surface area contributed by atoms with Gasteiger partial charge in [-0.1, -0.05) is 58.3 Å². The molecule has 148 valence electrons. The van der Waals surface area contributed by atoms with Crippen LogP contribution in [0.2, 0.25) is 0 Å². The van der Waals surface area contributed by atoms with Crippen LogP contribution in [0.1, 0.15) is 71.1 Å². The molecule has 0 unspecified atom stereocenters. The monoisotopic (exact) mass is 365 g/mol. The highest BCUT2D eigenvalue weighted by atomic mass is 16.4. The molecule has 0 spiro atoms. The number of carbonyl (C=O) groups is 2. The zero-order valence-corrected chi connectivity index (χ0v) is 16.2. The third-order valence-corrected chi connectivity index (χ3v) is 4.59. The summed E-state index contributed by atoms with van der Waals surface area (Å²) in [4.78, 5) is 28.6. The third kappa shape index (κ3) is 10.9. The van der Waals surface area contributed by atoms with Crippen LogP contribution in [0, 0.1) is 0 Å². The summed E-state index contributed by atoms with van der Waals surface area (Å²) in [6, 6.07) is 0. The minimum Gasteiger partial charge on any atom is -0.478 e. The van der Waals surface area contributed by atoms with E-state index < -0.39 is 5.97 Å². The summed E-state index contributed by atoms with van der Waals surface area (Å²) in [5.74, 6) is -0.331. The smallest absolute Gasteiger partial charge is 0.328 e. The Kier molecular flexibility index (Phi) is 12.2. The summed E-state index contributed by atoms with van der Waals surface area (Å²) in [5, 5.41) is 11.2. The Balaban J connectivity index is 2.06. The molecule has 1 heterocycles. The van der Waals surface area contributed by atoms with E-state index in [1.165, 1.54) is 57.8 Å². The van der Waals surface area contributed by atoms with Crippen molar-refractivity contribution in [2.24, 2.45) is 4.99 Å². The molecule has 0 fully saturated rings. The molecule has 6 nitrogen and oxygen atoms in total. The molecule has 1 aliphatic rings. The summed E-state index contributed by atoms with van der Waals surface area (Å²) in [7, 11) is 0. The fraction of sp³-hybridized carbons (Fsp3) is 0.750. The van der Waals surface area contributed by atoms with E-state index in [1.807, 2.05) is 0 Å². The summed E-state index contributed by atoms with van der Waals surface area (Å²) < 4.78 is 0. The quantitative estimate of drug-likeness (QED) is 0.344. The molecule has 6 heteroatoms. The third-order valence-electron chi connectivity index (χ3n) is 4.59. The molecule has 0 aromatic heterocycles. The molecule has 0 aromatic rings. The van der Waals surface area contributed by atoms with Crippen LogP contribution in [0.25, 0.3) is 0 Å². The molecule has 0 saturated carbocycles. The number of aliphatic imine (C=N–C) groups is 1. The first-order valence-electron chi connectivity index (χ1n) is 10.1. The van der Waals surface area contributed by atoms with Crippen LogP contribution < -0.4 is 5.32 Å². The van der Waals surface area contributed by atoms with Gasteiger partial charge >= 0.3 is 5.97 Å². The van der Waals surface area contributed by atoms with Gasteiger partial charge < -0.3 is 15.3 Å². The van der Waals surface area contributed by atoms with E-state index in [4.69, 9.17) is 5.11 Å². The zero-order valence-electron chi connectivity index (χ0n) is 16.2. The second-order valence-corrected chi connectivity index (χ2v) is 6.83. The molecule has 1 rings (SSSR count). The highest BCUT2D eigenvalue weighted by Crippen LogP contribution is 2.13. The number of aliphatic carboxylic acids is 1. The Morgan fingerprint density at radius 3 is 2.38 bits per heavy atom. The summed E-state index contributed by atoms with van der Waals surface area (Å²) in [6.45, 7) is 5.22. The lowest BCUT2D eigenvalue weighted by Crippen LogP contribution is -2.36.